The van der Waals surface area contributed by atoms with E-state index < -0.39 is 17.4 Å². The first-order valence-electron chi connectivity index (χ1n) is 10.8. The van der Waals surface area contributed by atoms with Gasteiger partial charge in [0.2, 0.25) is 17.7 Å². The molecule has 3 fully saturated rings. The van der Waals surface area contributed by atoms with Gasteiger partial charge in [0.05, 0.1) is 31.7 Å². The molecule has 8 heteroatoms. The molecule has 164 valence electrons. The zero-order valence-electron chi connectivity index (χ0n) is 17.8. The molecule has 1 N–H and O–H groups in total. The topological polar surface area (TPSA) is 88.2 Å². The van der Waals surface area contributed by atoms with Crippen LogP contribution < -0.4 is 19.7 Å². The average Bonchev–Trinajstić information content (AvgIpc) is 3.51. The van der Waals surface area contributed by atoms with Crippen LogP contribution in [-0.2, 0) is 19.9 Å². The van der Waals surface area contributed by atoms with Gasteiger partial charge in [-0.15, -0.1) is 0 Å². The van der Waals surface area contributed by atoms with Gasteiger partial charge >= 0.3 is 0 Å². The predicted molar refractivity (Wildman–Crippen MR) is 115 cm³/mol. The van der Waals surface area contributed by atoms with Crippen molar-refractivity contribution in [2.45, 2.75) is 24.4 Å². The molecule has 0 aromatic heterocycles. The summed E-state index contributed by atoms with van der Waals surface area (Å²) >= 11 is 0. The Morgan fingerprint density at radius 3 is 2.56 bits per heavy atom. The molecule has 4 heterocycles. The van der Waals surface area contributed by atoms with E-state index in [-0.39, 0.29) is 23.8 Å². The maximum atomic E-state index is 13.9. The molecule has 0 aliphatic carbocycles. The third-order valence-corrected chi connectivity index (χ3v) is 7.53. The van der Waals surface area contributed by atoms with Gasteiger partial charge in [0.1, 0.15) is 5.54 Å². The number of imide groups is 1. The third kappa shape index (κ3) is 2.13. The van der Waals surface area contributed by atoms with Crippen molar-refractivity contribution >= 4 is 29.1 Å². The van der Waals surface area contributed by atoms with Gasteiger partial charge < -0.3 is 14.8 Å². The number of amides is 3. The second-order valence-electron chi connectivity index (χ2n) is 8.72. The molecular weight excluding hydrogens is 410 g/mol. The highest BCUT2D eigenvalue weighted by Gasteiger charge is 2.74. The van der Waals surface area contributed by atoms with Crippen molar-refractivity contribution in [3.63, 3.8) is 0 Å². The Morgan fingerprint density at radius 2 is 1.78 bits per heavy atom. The second kappa shape index (κ2) is 6.56. The molecule has 32 heavy (non-hydrogen) atoms. The van der Waals surface area contributed by atoms with Crippen LogP contribution in [0.4, 0.5) is 11.4 Å². The van der Waals surface area contributed by atoms with Crippen molar-refractivity contribution in [2.24, 2.45) is 11.8 Å². The van der Waals surface area contributed by atoms with Crippen LogP contribution in [0.15, 0.2) is 42.5 Å². The van der Waals surface area contributed by atoms with Gasteiger partial charge in [-0.05, 0) is 37.6 Å². The molecule has 0 saturated carbocycles. The summed E-state index contributed by atoms with van der Waals surface area (Å²) in [4.78, 5) is 44.6. The van der Waals surface area contributed by atoms with Crippen molar-refractivity contribution in [3.8, 4) is 11.5 Å². The number of ether oxygens (including phenoxy) is 2. The number of methoxy groups -OCH3 is 2. The molecule has 2 aromatic rings. The van der Waals surface area contributed by atoms with E-state index in [2.05, 4.69) is 10.2 Å². The van der Waals surface area contributed by atoms with Crippen molar-refractivity contribution in [1.82, 2.24) is 4.90 Å². The number of hydrogen-bond donors (Lipinski definition) is 1. The van der Waals surface area contributed by atoms with E-state index in [0.29, 0.717) is 29.4 Å². The maximum absolute atomic E-state index is 13.9. The van der Waals surface area contributed by atoms with Crippen LogP contribution in [0.2, 0.25) is 0 Å². The second-order valence-corrected chi connectivity index (χ2v) is 8.72. The average molecular weight is 433 g/mol. The lowest BCUT2D eigenvalue weighted by atomic mass is 9.75. The molecule has 0 radical (unpaired) electrons. The van der Waals surface area contributed by atoms with Gasteiger partial charge in [-0.1, -0.05) is 18.2 Å². The molecule has 4 aliphatic heterocycles. The SMILES string of the molecule is COc1ccc(N2C(=O)[C@@H]3[C@@H](C2=O)[C@]2(C(=O)Nc4ccccc42)N2CCC[C@@H]32)cc1OC. The Kier molecular flexibility index (Phi) is 3.96. The van der Waals surface area contributed by atoms with E-state index in [1.807, 2.05) is 24.3 Å². The summed E-state index contributed by atoms with van der Waals surface area (Å²) in [5.41, 5.74) is 0.785. The standard InChI is InChI=1S/C24H23N3O5/c1-31-17-10-9-13(12-18(17)32-2)27-21(28)19-16-8-5-11-26(16)24(20(19)22(27)29)14-6-3-4-7-15(14)25-23(24)30/h3-4,6-7,9-10,12,16,19-20H,5,8,11H2,1-2H3,(H,25,30)/t16-,19-,20-,24+/m0/s1. The van der Waals surface area contributed by atoms with Crippen LogP contribution in [0.5, 0.6) is 11.5 Å². The fourth-order valence-electron chi connectivity index (χ4n) is 6.38. The summed E-state index contributed by atoms with van der Waals surface area (Å²) in [5, 5.41) is 2.98. The molecule has 3 amide bonds. The van der Waals surface area contributed by atoms with E-state index in [1.165, 1.54) is 19.1 Å². The van der Waals surface area contributed by atoms with Gasteiger partial charge in [0.15, 0.2) is 11.5 Å². The van der Waals surface area contributed by atoms with Crippen molar-refractivity contribution < 1.29 is 23.9 Å². The van der Waals surface area contributed by atoms with Crippen molar-refractivity contribution in [1.29, 1.82) is 0 Å². The Morgan fingerprint density at radius 1 is 1.00 bits per heavy atom. The summed E-state index contributed by atoms with van der Waals surface area (Å²) in [7, 11) is 3.04. The fourth-order valence-corrected chi connectivity index (χ4v) is 6.38. The number of rotatable bonds is 3. The van der Waals surface area contributed by atoms with Crippen LogP contribution in [-0.4, -0.2) is 49.4 Å². The zero-order valence-corrected chi connectivity index (χ0v) is 17.8. The molecule has 4 atom stereocenters. The molecule has 8 nitrogen and oxygen atoms in total. The van der Waals surface area contributed by atoms with Crippen LogP contribution in [0.3, 0.4) is 0 Å². The largest absolute Gasteiger partial charge is 0.493 e. The first kappa shape index (κ1) is 19.3. The number of carbonyl (C=O) groups is 3. The number of nitrogens with zero attached hydrogens (tertiary/aromatic N) is 2. The minimum Gasteiger partial charge on any atom is -0.493 e. The number of para-hydroxylation sites is 1. The Bertz CT molecular complexity index is 1180. The first-order chi connectivity index (χ1) is 15.5. The zero-order chi connectivity index (χ0) is 22.2. The molecule has 2 aromatic carbocycles. The smallest absolute Gasteiger partial charge is 0.250 e. The summed E-state index contributed by atoms with van der Waals surface area (Å²) in [6, 6.07) is 12.4. The summed E-state index contributed by atoms with van der Waals surface area (Å²) in [6.07, 6.45) is 1.68. The first-order valence-corrected chi connectivity index (χ1v) is 10.8. The number of carbonyl (C=O) groups excluding carboxylic acids is 3. The highest BCUT2D eigenvalue weighted by molar-refractivity contribution is 6.26. The molecule has 1 spiro atoms. The minimum atomic E-state index is -1.15. The van der Waals surface area contributed by atoms with Crippen LogP contribution in [0, 0.1) is 11.8 Å². The molecule has 4 aliphatic rings. The summed E-state index contributed by atoms with van der Waals surface area (Å²) in [6.45, 7) is 0.691. The third-order valence-electron chi connectivity index (χ3n) is 7.53. The van der Waals surface area contributed by atoms with Gasteiger partial charge in [0, 0.05) is 23.4 Å². The highest BCUT2D eigenvalue weighted by atomic mass is 16.5. The molecular formula is C24H23N3O5. The van der Waals surface area contributed by atoms with Crippen molar-refractivity contribution in [2.75, 3.05) is 31.0 Å². The van der Waals surface area contributed by atoms with Gasteiger partial charge in [-0.3, -0.25) is 19.3 Å². The van der Waals surface area contributed by atoms with Gasteiger partial charge in [-0.2, -0.15) is 0 Å². The van der Waals surface area contributed by atoms with E-state index in [0.717, 1.165) is 18.4 Å². The lowest BCUT2D eigenvalue weighted by Gasteiger charge is -2.36. The van der Waals surface area contributed by atoms with E-state index in [4.69, 9.17) is 9.47 Å². The Hall–Kier alpha value is -3.39. The van der Waals surface area contributed by atoms with E-state index in [1.54, 1.807) is 18.2 Å². The molecule has 0 unspecified atom stereocenters. The highest BCUT2D eigenvalue weighted by Crippen LogP contribution is 2.60. The Balaban J connectivity index is 1.51. The lowest BCUT2D eigenvalue weighted by molar-refractivity contribution is -0.135. The van der Waals surface area contributed by atoms with Crippen LogP contribution in [0.25, 0.3) is 0 Å². The molecule has 6 rings (SSSR count). The predicted octanol–water partition coefficient (Wildman–Crippen LogP) is 2.13. The summed E-state index contributed by atoms with van der Waals surface area (Å²) in [5.74, 6) is -1.19. The quantitative estimate of drug-likeness (QED) is 0.747. The van der Waals surface area contributed by atoms with E-state index >= 15 is 0 Å². The summed E-state index contributed by atoms with van der Waals surface area (Å²) < 4.78 is 10.7. The number of anilines is 2. The fraction of sp³-hybridized carbons (Fsp3) is 0.375. The Labute approximate surface area is 185 Å². The van der Waals surface area contributed by atoms with Crippen LogP contribution in [0.1, 0.15) is 18.4 Å². The molecule has 0 bridgehead atoms. The van der Waals surface area contributed by atoms with Crippen molar-refractivity contribution in [3.05, 3.63) is 48.0 Å². The number of benzene rings is 2. The van der Waals surface area contributed by atoms with Gasteiger partial charge in [0.25, 0.3) is 0 Å². The molecule has 3 saturated heterocycles. The normalized spacial score (nSPS) is 30.5. The van der Waals surface area contributed by atoms with E-state index in [9.17, 15) is 14.4 Å². The van der Waals surface area contributed by atoms with Gasteiger partial charge in [-0.25, -0.2) is 4.90 Å². The maximum Gasteiger partial charge on any atom is 0.250 e. The monoisotopic (exact) mass is 433 g/mol. The number of fused-ring (bicyclic) bond motifs is 7. The van der Waals surface area contributed by atoms with Crippen LogP contribution >= 0.6 is 0 Å². The lowest BCUT2D eigenvalue weighted by Crippen LogP contribution is -2.54. The number of hydrogen-bond acceptors (Lipinski definition) is 6. The number of nitrogens with one attached hydrogen (secondary N) is 1. The minimum absolute atomic E-state index is 0.140.